The van der Waals surface area contributed by atoms with Gasteiger partial charge >= 0.3 is 6.03 Å². The normalized spacial score (nSPS) is 9.38. The summed E-state index contributed by atoms with van der Waals surface area (Å²) < 4.78 is 0. The van der Waals surface area contributed by atoms with E-state index in [-0.39, 0.29) is 12.1 Å². The molecule has 0 aromatic carbocycles. The fourth-order valence-electron chi connectivity index (χ4n) is 0.693. The maximum Gasteiger partial charge on any atom is 0.315 e. The molecule has 0 spiro atoms. The molecule has 0 atom stereocenters. The van der Waals surface area contributed by atoms with Crippen molar-refractivity contribution >= 4 is 6.03 Å². The highest BCUT2D eigenvalue weighted by molar-refractivity contribution is 5.74. The predicted octanol–water partition coefficient (Wildman–Crippen LogP) is 1.35. The van der Waals surface area contributed by atoms with Crippen LogP contribution in [-0.2, 0) is 0 Å². The van der Waals surface area contributed by atoms with E-state index in [9.17, 15) is 4.79 Å². The lowest BCUT2D eigenvalue weighted by Gasteiger charge is -2.07. The van der Waals surface area contributed by atoms with E-state index in [2.05, 4.69) is 22.5 Å². The van der Waals surface area contributed by atoms with Crippen molar-refractivity contribution in [3.63, 3.8) is 0 Å². The van der Waals surface area contributed by atoms with Gasteiger partial charge in [-0.05, 0) is 13.8 Å². The second-order valence-corrected chi connectivity index (χ2v) is 3.46. The van der Waals surface area contributed by atoms with Crippen LogP contribution in [0.25, 0.3) is 0 Å². The summed E-state index contributed by atoms with van der Waals surface area (Å²) in [4.78, 5) is 11.0. The Kier molecular flexibility index (Phi) is 5.79. The van der Waals surface area contributed by atoms with Crippen molar-refractivity contribution in [2.45, 2.75) is 33.7 Å². The number of hydrogen-bond donors (Lipinski definition) is 2. The van der Waals surface area contributed by atoms with Crippen LogP contribution in [0.3, 0.4) is 0 Å². The predicted molar refractivity (Wildman–Crippen MR) is 54.3 cm³/mol. The summed E-state index contributed by atoms with van der Waals surface area (Å²) in [5.74, 6) is 6.19. The van der Waals surface area contributed by atoms with E-state index in [1.807, 2.05) is 27.7 Å². The Bertz CT molecular complexity index is 211. The molecule has 74 valence electrons. The lowest BCUT2D eigenvalue weighted by Crippen LogP contribution is -2.39. The number of urea groups is 1. The Balaban J connectivity index is 3.55. The van der Waals surface area contributed by atoms with E-state index in [0.29, 0.717) is 12.5 Å². The molecule has 13 heavy (non-hydrogen) atoms. The van der Waals surface area contributed by atoms with Crippen molar-refractivity contribution in [3.05, 3.63) is 0 Å². The quantitative estimate of drug-likeness (QED) is 0.622. The van der Waals surface area contributed by atoms with E-state index in [4.69, 9.17) is 0 Å². The van der Waals surface area contributed by atoms with Crippen molar-refractivity contribution in [1.82, 2.24) is 10.6 Å². The molecule has 0 unspecified atom stereocenters. The lowest BCUT2D eigenvalue weighted by molar-refractivity contribution is 0.240. The summed E-state index contributed by atoms with van der Waals surface area (Å²) in [7, 11) is 0. The summed E-state index contributed by atoms with van der Waals surface area (Å²) in [5, 5.41) is 5.36. The zero-order chi connectivity index (χ0) is 10.3. The highest BCUT2D eigenvalue weighted by Gasteiger charge is 1.98. The summed E-state index contributed by atoms with van der Waals surface area (Å²) in [5.41, 5.74) is 0. The van der Waals surface area contributed by atoms with E-state index in [1.165, 1.54) is 0 Å². The molecule has 2 N–H and O–H groups in total. The fraction of sp³-hybridized carbons (Fsp3) is 0.700. The van der Waals surface area contributed by atoms with Crippen molar-refractivity contribution in [3.8, 4) is 11.8 Å². The molecule has 0 aliphatic heterocycles. The van der Waals surface area contributed by atoms with Crippen LogP contribution in [0.15, 0.2) is 0 Å². The molecule has 0 bridgehead atoms. The molecule has 0 aliphatic carbocycles. The highest BCUT2D eigenvalue weighted by Crippen LogP contribution is 1.84. The average molecular weight is 182 g/mol. The van der Waals surface area contributed by atoms with Crippen LogP contribution in [0.4, 0.5) is 4.79 Å². The maximum atomic E-state index is 11.0. The molecule has 0 heterocycles. The summed E-state index contributed by atoms with van der Waals surface area (Å²) in [6.07, 6.45) is 0. The van der Waals surface area contributed by atoms with Crippen LogP contribution in [-0.4, -0.2) is 18.6 Å². The molecular weight excluding hydrogens is 164 g/mol. The Morgan fingerprint density at radius 3 is 2.38 bits per heavy atom. The smallest absolute Gasteiger partial charge is 0.315 e. The molecule has 0 saturated heterocycles. The van der Waals surface area contributed by atoms with Gasteiger partial charge < -0.3 is 10.6 Å². The van der Waals surface area contributed by atoms with Gasteiger partial charge in [0.15, 0.2) is 0 Å². The Morgan fingerprint density at radius 2 is 1.92 bits per heavy atom. The molecule has 3 heteroatoms. The van der Waals surface area contributed by atoms with Crippen LogP contribution in [0.5, 0.6) is 0 Å². The minimum absolute atomic E-state index is 0.159. The first-order valence-corrected chi connectivity index (χ1v) is 4.55. The van der Waals surface area contributed by atoms with Crippen molar-refractivity contribution in [2.24, 2.45) is 5.92 Å². The van der Waals surface area contributed by atoms with Gasteiger partial charge in [-0.3, -0.25) is 0 Å². The second kappa shape index (κ2) is 6.36. The van der Waals surface area contributed by atoms with Gasteiger partial charge in [0, 0.05) is 12.0 Å². The zero-order valence-electron chi connectivity index (χ0n) is 8.77. The molecule has 0 fully saturated rings. The van der Waals surface area contributed by atoms with Crippen LogP contribution >= 0.6 is 0 Å². The Hall–Kier alpha value is -1.17. The number of rotatable bonds is 2. The van der Waals surface area contributed by atoms with Crippen molar-refractivity contribution < 1.29 is 4.79 Å². The monoisotopic (exact) mass is 182 g/mol. The third-order valence-electron chi connectivity index (χ3n) is 1.15. The number of hydrogen-bond acceptors (Lipinski definition) is 1. The Morgan fingerprint density at radius 1 is 1.31 bits per heavy atom. The second-order valence-electron chi connectivity index (χ2n) is 3.46. The van der Waals surface area contributed by atoms with Gasteiger partial charge in [-0.1, -0.05) is 25.7 Å². The van der Waals surface area contributed by atoms with E-state index < -0.39 is 0 Å². The van der Waals surface area contributed by atoms with Gasteiger partial charge in [-0.2, -0.15) is 0 Å². The fourth-order valence-corrected chi connectivity index (χ4v) is 0.693. The van der Waals surface area contributed by atoms with Gasteiger partial charge in [0.2, 0.25) is 0 Å². The number of carbonyl (C=O) groups is 1. The Labute approximate surface area is 80.3 Å². The SMILES string of the molecule is CC(C)C#CCNC(=O)NC(C)C. The zero-order valence-corrected chi connectivity index (χ0v) is 8.77. The average Bonchev–Trinajstić information content (AvgIpc) is 1.96. The minimum Gasteiger partial charge on any atom is -0.336 e. The van der Waals surface area contributed by atoms with E-state index in [0.717, 1.165) is 0 Å². The molecule has 0 aromatic rings. The summed E-state index contributed by atoms with van der Waals surface area (Å²) in [6, 6.07) is 0.00566. The third kappa shape index (κ3) is 8.74. The molecular formula is C10H18N2O. The van der Waals surface area contributed by atoms with Gasteiger partial charge in [0.05, 0.1) is 6.54 Å². The van der Waals surface area contributed by atoms with Crippen LogP contribution in [0.1, 0.15) is 27.7 Å². The van der Waals surface area contributed by atoms with Crippen LogP contribution in [0, 0.1) is 17.8 Å². The summed E-state index contributed by atoms with van der Waals surface area (Å²) in [6.45, 7) is 8.28. The van der Waals surface area contributed by atoms with Crippen molar-refractivity contribution in [1.29, 1.82) is 0 Å². The van der Waals surface area contributed by atoms with Crippen LogP contribution < -0.4 is 10.6 Å². The molecule has 0 aromatic heterocycles. The van der Waals surface area contributed by atoms with Gasteiger partial charge in [0.1, 0.15) is 0 Å². The standard InChI is InChI=1S/C10H18N2O/c1-8(2)6-5-7-11-10(13)12-9(3)4/h8-9H,7H2,1-4H3,(H2,11,12,13). The van der Waals surface area contributed by atoms with Gasteiger partial charge in [-0.15, -0.1) is 0 Å². The van der Waals surface area contributed by atoms with Gasteiger partial charge in [0.25, 0.3) is 0 Å². The minimum atomic E-state index is -0.159. The molecule has 0 rings (SSSR count). The number of carbonyl (C=O) groups excluding carboxylic acids is 1. The first-order chi connectivity index (χ1) is 6.02. The van der Waals surface area contributed by atoms with Crippen molar-refractivity contribution in [2.75, 3.05) is 6.54 Å². The number of nitrogens with one attached hydrogen (secondary N) is 2. The van der Waals surface area contributed by atoms with E-state index in [1.54, 1.807) is 0 Å². The molecule has 2 amide bonds. The maximum absolute atomic E-state index is 11.0. The summed E-state index contributed by atoms with van der Waals surface area (Å²) >= 11 is 0. The number of amides is 2. The highest BCUT2D eigenvalue weighted by atomic mass is 16.2. The first kappa shape index (κ1) is 11.8. The largest absolute Gasteiger partial charge is 0.336 e. The molecule has 0 saturated carbocycles. The third-order valence-corrected chi connectivity index (χ3v) is 1.15. The van der Waals surface area contributed by atoms with Crippen LogP contribution in [0.2, 0.25) is 0 Å². The first-order valence-electron chi connectivity index (χ1n) is 4.55. The molecule has 3 nitrogen and oxygen atoms in total. The van der Waals surface area contributed by atoms with E-state index >= 15 is 0 Å². The topological polar surface area (TPSA) is 41.1 Å². The van der Waals surface area contributed by atoms with Gasteiger partial charge in [-0.25, -0.2) is 4.79 Å². The molecule has 0 radical (unpaired) electrons. The molecule has 0 aliphatic rings. The lowest BCUT2D eigenvalue weighted by atomic mass is 10.2.